The Morgan fingerprint density at radius 3 is 0.680 bits per heavy atom. The summed E-state index contributed by atoms with van der Waals surface area (Å²) in [6.45, 7) is 0. The zero-order valence-corrected chi connectivity index (χ0v) is 80.7. The number of fused-ring (bicyclic) bond motifs is 27. The molecule has 31 aromatic rings. The van der Waals surface area contributed by atoms with E-state index in [-0.39, 0.29) is 0 Å². The van der Waals surface area contributed by atoms with Gasteiger partial charge in [0.05, 0.1) is 106 Å². The minimum Gasteiger partial charge on any atom is -0.308 e. The molecule has 0 aliphatic rings. The van der Waals surface area contributed by atoms with Crippen molar-refractivity contribution in [2.45, 2.75) is 0 Å². The number of hydrogen-bond donors (Lipinski definition) is 0. The van der Waals surface area contributed by atoms with Crippen molar-refractivity contribution >= 4 is 164 Å². The number of benzene rings is 19. The zero-order valence-electron chi connectivity index (χ0n) is 80.7. The third kappa shape index (κ3) is 14.3. The van der Waals surface area contributed by atoms with Crippen molar-refractivity contribution in [3.63, 3.8) is 0 Å². The maximum absolute atomic E-state index is 5.27. The second-order valence-corrected chi connectivity index (χ2v) is 37.7. The monoisotopic (exact) mass is 1920 g/mol. The lowest BCUT2D eigenvalue weighted by Gasteiger charge is -2.13. The number of aromatic nitrogens is 16. The van der Waals surface area contributed by atoms with Crippen molar-refractivity contribution in [3.8, 4) is 114 Å². The highest BCUT2D eigenvalue weighted by Gasteiger charge is 2.29. The van der Waals surface area contributed by atoms with Crippen molar-refractivity contribution in [2.24, 2.45) is 0 Å². The van der Waals surface area contributed by atoms with Crippen LogP contribution in [0, 0.1) is 0 Å². The molecule has 16 nitrogen and oxygen atoms in total. The van der Waals surface area contributed by atoms with Crippen molar-refractivity contribution < 1.29 is 0 Å². The van der Waals surface area contributed by atoms with Gasteiger partial charge in [-0.25, -0.2) is 24.9 Å². The molecule has 0 unspecified atom stereocenters. The van der Waals surface area contributed by atoms with Gasteiger partial charge in [-0.2, -0.15) is 9.97 Å². The van der Waals surface area contributed by atoms with Crippen LogP contribution in [0.2, 0.25) is 0 Å². The summed E-state index contributed by atoms with van der Waals surface area (Å²) in [6, 6.07) is 171. The average molecular weight is 1920 g/mol. The first kappa shape index (κ1) is 86.1. The Hall–Kier alpha value is -20.6. The molecule has 12 heterocycles. The minimum atomic E-state index is 0.560. The first-order valence-electron chi connectivity index (χ1n) is 50.3. The van der Waals surface area contributed by atoms with E-state index >= 15 is 0 Å². The normalized spacial score (nSPS) is 11.7. The predicted octanol–water partition coefficient (Wildman–Crippen LogP) is 32.7. The van der Waals surface area contributed by atoms with Gasteiger partial charge in [0.2, 0.25) is 11.9 Å². The molecule has 700 valence electrons. The molecule has 0 bridgehead atoms. The van der Waals surface area contributed by atoms with Crippen molar-refractivity contribution in [2.75, 3.05) is 0 Å². The highest BCUT2D eigenvalue weighted by Crippen LogP contribution is 2.48. The molecule has 0 aliphatic heterocycles. The summed E-state index contributed by atoms with van der Waals surface area (Å²) < 4.78 is 13.9. The Labute approximate surface area is 858 Å². The molecule has 0 aliphatic carbocycles. The molecular weight excluding hydrogens is 1830 g/mol. The SMILES string of the molecule is c1ccc(-c2cc(-c3ccccc3)nc(-c3cccc(-n4c5ccccc5c5cnc6c(ccc7c8ccccc8n(-c8ccccc8)c76)c54)c3)n2)cc1.c1ccc(-c2cc(-c3ccccc3)nc(-n3c4ccccc4c4cnc5c(ccc6c7ccccc7n(-c7ccccc7)c65)c43)n2)cc1.c1ccc(-c2nc(-c3ccccc3)nc(-n3c4ccccc4c4cnc5c(ccc6c7ccccc7n(-c7ccccc7)c65)c43)n2)cc1. The Morgan fingerprint density at radius 1 is 0.133 bits per heavy atom. The van der Waals surface area contributed by atoms with Crippen LogP contribution in [-0.4, -0.2) is 77.2 Å². The van der Waals surface area contributed by atoms with Gasteiger partial charge >= 0.3 is 0 Å². The van der Waals surface area contributed by atoms with Crippen LogP contribution in [0.25, 0.3) is 277 Å². The van der Waals surface area contributed by atoms with Crippen LogP contribution in [0.15, 0.2) is 510 Å². The van der Waals surface area contributed by atoms with E-state index in [1.165, 1.54) is 26.9 Å². The average Bonchev–Trinajstić information content (AvgIpc) is 1.55. The van der Waals surface area contributed by atoms with E-state index < -0.39 is 0 Å². The van der Waals surface area contributed by atoms with Gasteiger partial charge in [0.25, 0.3) is 0 Å². The van der Waals surface area contributed by atoms with Gasteiger partial charge in [0.1, 0.15) is 0 Å². The summed E-state index contributed by atoms with van der Waals surface area (Å²) in [6.07, 6.45) is 6.10. The molecule has 0 spiro atoms. The quantitative estimate of drug-likeness (QED) is 0.109. The van der Waals surface area contributed by atoms with E-state index in [1.54, 1.807) is 0 Å². The minimum absolute atomic E-state index is 0.560. The number of para-hydroxylation sites is 9. The Kier molecular flexibility index (Phi) is 20.5. The van der Waals surface area contributed by atoms with Gasteiger partial charge in [-0.15, -0.1) is 0 Å². The lowest BCUT2D eigenvalue weighted by molar-refractivity contribution is 0.955. The van der Waals surface area contributed by atoms with E-state index in [4.69, 9.17) is 49.8 Å². The first-order valence-corrected chi connectivity index (χ1v) is 50.3. The highest BCUT2D eigenvalue weighted by atomic mass is 15.2. The molecule has 31 rings (SSSR count). The van der Waals surface area contributed by atoms with Crippen LogP contribution in [0.3, 0.4) is 0 Å². The molecule has 0 atom stereocenters. The lowest BCUT2D eigenvalue weighted by atomic mass is 10.1. The van der Waals surface area contributed by atoms with Crippen molar-refractivity contribution in [3.05, 3.63) is 510 Å². The maximum Gasteiger partial charge on any atom is 0.238 e. The number of hydrogen-bond acceptors (Lipinski definition) is 10. The topological polar surface area (TPSA) is 158 Å². The third-order valence-corrected chi connectivity index (χ3v) is 29.1. The fourth-order valence-corrected chi connectivity index (χ4v) is 22.5. The Balaban J connectivity index is 0.000000106. The summed E-state index contributed by atoms with van der Waals surface area (Å²) in [5.74, 6) is 3.10. The molecule has 16 heteroatoms. The fourth-order valence-electron chi connectivity index (χ4n) is 22.5. The van der Waals surface area contributed by atoms with Gasteiger partial charge in [0, 0.05) is 161 Å². The van der Waals surface area contributed by atoms with Crippen LogP contribution in [-0.2, 0) is 0 Å². The summed E-state index contributed by atoms with van der Waals surface area (Å²) in [4.78, 5) is 51.8. The Morgan fingerprint density at radius 2 is 0.360 bits per heavy atom. The van der Waals surface area contributed by atoms with Crippen LogP contribution >= 0.6 is 0 Å². The molecule has 12 aromatic heterocycles. The van der Waals surface area contributed by atoms with Gasteiger partial charge < -0.3 is 18.3 Å². The zero-order chi connectivity index (χ0) is 98.8. The number of pyridine rings is 3. The van der Waals surface area contributed by atoms with Gasteiger partial charge in [0.15, 0.2) is 17.5 Å². The van der Waals surface area contributed by atoms with E-state index in [0.29, 0.717) is 29.4 Å². The lowest BCUT2D eigenvalue weighted by Crippen LogP contribution is -2.06. The Bertz CT molecular complexity index is 10200. The smallest absolute Gasteiger partial charge is 0.238 e. The summed E-state index contributed by atoms with van der Waals surface area (Å²) in [5, 5.41) is 16.9. The molecule has 0 N–H and O–H groups in total. The predicted molar refractivity (Wildman–Crippen MR) is 614 cm³/mol. The van der Waals surface area contributed by atoms with Crippen LogP contribution in [0.4, 0.5) is 0 Å². The first-order chi connectivity index (χ1) is 74.5. The van der Waals surface area contributed by atoms with Gasteiger partial charge in [-0.3, -0.25) is 24.1 Å². The van der Waals surface area contributed by atoms with Crippen molar-refractivity contribution in [1.29, 1.82) is 0 Å². The second-order valence-electron chi connectivity index (χ2n) is 37.7. The van der Waals surface area contributed by atoms with E-state index in [9.17, 15) is 0 Å². The van der Waals surface area contributed by atoms with Crippen LogP contribution in [0.1, 0.15) is 0 Å². The summed E-state index contributed by atoms with van der Waals surface area (Å²) in [7, 11) is 0. The number of rotatable bonds is 13. The molecular formula is C134H84N16. The summed E-state index contributed by atoms with van der Waals surface area (Å²) in [5.41, 5.74) is 30.7. The van der Waals surface area contributed by atoms with Gasteiger partial charge in [-0.1, -0.05) is 376 Å². The molecule has 0 saturated heterocycles. The molecule has 0 amide bonds. The van der Waals surface area contributed by atoms with E-state index in [1.807, 2.05) is 97.3 Å². The summed E-state index contributed by atoms with van der Waals surface area (Å²) >= 11 is 0. The highest BCUT2D eigenvalue weighted by molar-refractivity contribution is 6.28. The maximum atomic E-state index is 5.27. The third-order valence-electron chi connectivity index (χ3n) is 29.1. The standard InChI is InChI=1S/C49H31N5.C43H27N5.C42H26N6/c1-4-15-32(16-5-1)42-30-43(33-17-6-2-7-18-33)52-49(51-42)34-19-14-22-36(29-34)54-45-26-13-11-24-38(45)41-31-50-46-40(47(41)54)28-27-39-37-23-10-12-25-44(37)53(48(39)46)35-20-8-3-9-21-35;1-4-14-28(15-5-1)36-26-37(29-16-6-2-7-17-29)46-43(45-36)48-39-23-13-11-21-32(39)35-27-44-40-34(41(35)48)25-24-33-31-20-10-12-22-38(31)47(42(33)40)30-18-8-3-9-19-30;1-4-14-27(15-5-1)40-44-41(28-16-6-2-7-17-28)46-42(45-40)48-36-23-13-11-21-31(36)34-26-43-37-33(38(34)48)25-24-32-30-20-10-12-22-35(30)47(39(32)37)29-18-8-3-9-19-29/h1-31H;1-27H;1-26H. The molecule has 0 saturated carbocycles. The largest absolute Gasteiger partial charge is 0.308 e. The van der Waals surface area contributed by atoms with Crippen LogP contribution in [0.5, 0.6) is 0 Å². The fraction of sp³-hybridized carbons (Fsp3) is 0. The molecule has 0 fully saturated rings. The van der Waals surface area contributed by atoms with E-state index in [2.05, 4.69) is 440 Å². The number of nitrogens with zero attached hydrogens (tertiary/aromatic N) is 16. The van der Waals surface area contributed by atoms with E-state index in [0.717, 1.165) is 221 Å². The molecule has 150 heavy (non-hydrogen) atoms. The molecule has 19 aromatic carbocycles. The second kappa shape index (κ2) is 35.8. The van der Waals surface area contributed by atoms with Crippen molar-refractivity contribution in [1.82, 2.24) is 77.2 Å². The van der Waals surface area contributed by atoms with Crippen LogP contribution < -0.4 is 0 Å². The van der Waals surface area contributed by atoms with Gasteiger partial charge in [-0.05, 0) is 115 Å². The molecule has 0 radical (unpaired) electrons.